The quantitative estimate of drug-likeness (QED) is 0.284. The van der Waals surface area contributed by atoms with Gasteiger partial charge in [-0.2, -0.15) is 0 Å². The van der Waals surface area contributed by atoms with Crippen molar-refractivity contribution in [1.82, 2.24) is 5.43 Å². The first-order valence-electron chi connectivity index (χ1n) is 8.91. The Morgan fingerprint density at radius 2 is 1.97 bits per heavy atom. The fourth-order valence-electron chi connectivity index (χ4n) is 2.89. The van der Waals surface area contributed by atoms with Gasteiger partial charge in [0, 0.05) is 5.02 Å². The summed E-state index contributed by atoms with van der Waals surface area (Å²) in [6.45, 7) is 1.81. The van der Waals surface area contributed by atoms with Crippen LogP contribution < -0.4 is 15.2 Å². The summed E-state index contributed by atoms with van der Waals surface area (Å²) >= 11 is 7.32. The number of benzene rings is 2. The molecule has 0 spiro atoms. The van der Waals surface area contributed by atoms with E-state index in [4.69, 9.17) is 16.3 Å². The monoisotopic (exact) mass is 438 g/mol. The molecule has 30 heavy (non-hydrogen) atoms. The minimum Gasteiger partial charge on any atom is -0.422 e. The van der Waals surface area contributed by atoms with Crippen LogP contribution >= 0.6 is 22.9 Å². The molecule has 1 aliphatic heterocycles. The van der Waals surface area contributed by atoms with Crippen molar-refractivity contribution in [3.8, 4) is 5.75 Å². The van der Waals surface area contributed by atoms with Gasteiger partial charge in [-0.05, 0) is 65.9 Å². The summed E-state index contributed by atoms with van der Waals surface area (Å²) in [6.07, 6.45) is 1.46. The Hall–Kier alpha value is -3.42. The number of hydrogen-bond donors (Lipinski definition) is 1. The van der Waals surface area contributed by atoms with Crippen LogP contribution in [-0.4, -0.2) is 17.8 Å². The maximum absolute atomic E-state index is 12.8. The first kappa shape index (κ1) is 19.9. The summed E-state index contributed by atoms with van der Waals surface area (Å²) < 4.78 is 5.37. The van der Waals surface area contributed by atoms with Crippen LogP contribution in [0.1, 0.15) is 20.8 Å². The van der Waals surface area contributed by atoms with Crippen LogP contribution in [-0.2, 0) is 9.59 Å². The summed E-state index contributed by atoms with van der Waals surface area (Å²) in [5.74, 6) is -1.15. The van der Waals surface area contributed by atoms with Gasteiger partial charge in [0.2, 0.25) is 0 Å². The highest BCUT2D eigenvalue weighted by Crippen LogP contribution is 2.26. The zero-order valence-corrected chi connectivity index (χ0v) is 17.3. The summed E-state index contributed by atoms with van der Waals surface area (Å²) in [7, 11) is 0. The van der Waals surface area contributed by atoms with Crippen LogP contribution in [0.15, 0.2) is 65.6 Å². The second kappa shape index (κ2) is 8.14. The van der Waals surface area contributed by atoms with Crippen molar-refractivity contribution >= 4 is 52.5 Å². The van der Waals surface area contributed by atoms with Crippen LogP contribution in [0.2, 0.25) is 5.02 Å². The SMILES string of the molecule is Cc1cc(N2NC(=O)/C(=C\c3cccc(OC(=O)c4cccs4)c3)C2=O)ccc1Cl. The fraction of sp³-hybridized carbons (Fsp3) is 0.0455. The Morgan fingerprint density at radius 1 is 1.13 bits per heavy atom. The molecule has 0 unspecified atom stereocenters. The highest BCUT2D eigenvalue weighted by Gasteiger charge is 2.34. The number of halogens is 1. The smallest absolute Gasteiger partial charge is 0.353 e. The van der Waals surface area contributed by atoms with E-state index >= 15 is 0 Å². The molecule has 2 heterocycles. The van der Waals surface area contributed by atoms with E-state index in [1.54, 1.807) is 60.0 Å². The molecule has 1 saturated heterocycles. The highest BCUT2D eigenvalue weighted by molar-refractivity contribution is 7.12. The number of nitrogens with one attached hydrogen (secondary N) is 1. The zero-order chi connectivity index (χ0) is 21.3. The Morgan fingerprint density at radius 3 is 2.70 bits per heavy atom. The highest BCUT2D eigenvalue weighted by atomic mass is 35.5. The Kier molecular flexibility index (Phi) is 5.39. The third-order valence-electron chi connectivity index (χ3n) is 4.39. The van der Waals surface area contributed by atoms with Gasteiger partial charge in [0.05, 0.1) is 5.69 Å². The molecular weight excluding hydrogens is 424 g/mol. The van der Waals surface area contributed by atoms with E-state index < -0.39 is 17.8 Å². The van der Waals surface area contributed by atoms with Gasteiger partial charge in [0.25, 0.3) is 11.8 Å². The molecule has 0 aliphatic carbocycles. The standard InChI is InChI=1S/C22H15ClN2O4S/c1-13-10-15(7-8-18(13)23)25-21(27)17(20(26)24-25)12-14-4-2-5-16(11-14)29-22(28)19-6-3-9-30-19/h2-12H,1H3,(H,24,26)/b17-12+. The van der Waals surface area contributed by atoms with Gasteiger partial charge in [-0.15, -0.1) is 11.3 Å². The van der Waals surface area contributed by atoms with Crippen LogP contribution in [0, 0.1) is 6.92 Å². The van der Waals surface area contributed by atoms with Crippen LogP contribution in [0.25, 0.3) is 6.08 Å². The molecule has 2 amide bonds. The number of aryl methyl sites for hydroxylation is 1. The summed E-state index contributed by atoms with van der Waals surface area (Å²) in [6, 6.07) is 15.1. The lowest BCUT2D eigenvalue weighted by atomic mass is 10.1. The van der Waals surface area contributed by atoms with Crippen molar-refractivity contribution < 1.29 is 19.1 Å². The van der Waals surface area contributed by atoms with E-state index in [9.17, 15) is 14.4 Å². The number of nitrogens with zero attached hydrogens (tertiary/aromatic N) is 1. The average Bonchev–Trinajstić information content (AvgIpc) is 3.35. The number of anilines is 1. The van der Waals surface area contributed by atoms with E-state index in [1.807, 2.05) is 6.92 Å². The predicted octanol–water partition coefficient (Wildman–Crippen LogP) is 4.39. The van der Waals surface area contributed by atoms with E-state index in [2.05, 4.69) is 5.43 Å². The lowest BCUT2D eigenvalue weighted by Gasteiger charge is -2.15. The molecule has 1 N–H and O–H groups in total. The number of hydrazine groups is 1. The largest absolute Gasteiger partial charge is 0.422 e. The van der Waals surface area contributed by atoms with Crippen LogP contribution in [0.3, 0.4) is 0 Å². The first-order valence-corrected chi connectivity index (χ1v) is 10.2. The number of ether oxygens (including phenoxy) is 1. The number of hydrogen-bond acceptors (Lipinski definition) is 5. The van der Waals surface area contributed by atoms with Crippen LogP contribution in [0.5, 0.6) is 5.75 Å². The molecule has 8 heteroatoms. The number of thiophene rings is 1. The molecule has 1 aromatic heterocycles. The Bertz CT molecular complexity index is 1190. The minimum atomic E-state index is -0.520. The van der Waals surface area contributed by atoms with Gasteiger partial charge in [0.1, 0.15) is 16.2 Å². The van der Waals surface area contributed by atoms with E-state index in [0.717, 1.165) is 5.56 Å². The molecule has 1 fully saturated rings. The molecule has 4 rings (SSSR count). The van der Waals surface area contributed by atoms with Gasteiger partial charge in [-0.25, -0.2) is 9.80 Å². The van der Waals surface area contributed by atoms with E-state index in [-0.39, 0.29) is 5.57 Å². The van der Waals surface area contributed by atoms with Gasteiger partial charge < -0.3 is 4.74 Å². The minimum absolute atomic E-state index is 0.0238. The molecule has 0 radical (unpaired) electrons. The number of carbonyl (C=O) groups is 3. The van der Waals surface area contributed by atoms with Gasteiger partial charge in [-0.1, -0.05) is 29.8 Å². The van der Waals surface area contributed by atoms with Crippen molar-refractivity contribution in [3.63, 3.8) is 0 Å². The molecule has 2 aromatic carbocycles. The first-order chi connectivity index (χ1) is 14.4. The third-order valence-corrected chi connectivity index (χ3v) is 5.67. The van der Waals surface area contributed by atoms with E-state index in [0.29, 0.717) is 26.9 Å². The fourth-order valence-corrected chi connectivity index (χ4v) is 3.61. The molecule has 6 nitrogen and oxygen atoms in total. The van der Waals surface area contributed by atoms with E-state index in [1.165, 1.54) is 22.4 Å². The molecule has 0 atom stereocenters. The maximum atomic E-state index is 12.8. The third kappa shape index (κ3) is 3.98. The van der Waals surface area contributed by atoms with Crippen LogP contribution in [0.4, 0.5) is 5.69 Å². The predicted molar refractivity (Wildman–Crippen MR) is 116 cm³/mol. The van der Waals surface area contributed by atoms with Crippen molar-refractivity contribution in [2.75, 3.05) is 5.01 Å². The second-order valence-electron chi connectivity index (χ2n) is 6.51. The number of carbonyl (C=O) groups excluding carboxylic acids is 3. The molecule has 3 aromatic rings. The number of amides is 2. The second-order valence-corrected chi connectivity index (χ2v) is 7.87. The maximum Gasteiger partial charge on any atom is 0.353 e. The summed E-state index contributed by atoms with van der Waals surface area (Å²) in [5.41, 5.74) is 4.38. The normalized spacial score (nSPS) is 14.9. The molecule has 0 bridgehead atoms. The number of rotatable bonds is 4. The summed E-state index contributed by atoms with van der Waals surface area (Å²) in [5, 5.41) is 3.54. The number of esters is 1. The Labute approximate surface area is 181 Å². The molecular formula is C22H15ClN2O4S. The topological polar surface area (TPSA) is 75.7 Å². The van der Waals surface area contributed by atoms with Gasteiger partial charge in [-0.3, -0.25) is 15.0 Å². The lowest BCUT2D eigenvalue weighted by molar-refractivity contribution is -0.117. The Balaban J connectivity index is 1.57. The molecule has 150 valence electrons. The van der Waals surface area contributed by atoms with Crippen molar-refractivity contribution in [1.29, 1.82) is 0 Å². The molecule has 1 aliphatic rings. The van der Waals surface area contributed by atoms with Gasteiger partial charge in [0.15, 0.2) is 0 Å². The van der Waals surface area contributed by atoms with Crippen molar-refractivity contribution in [2.24, 2.45) is 0 Å². The summed E-state index contributed by atoms with van der Waals surface area (Å²) in [4.78, 5) is 37.8. The zero-order valence-electron chi connectivity index (χ0n) is 15.7. The lowest BCUT2D eigenvalue weighted by Crippen LogP contribution is -2.35. The van der Waals surface area contributed by atoms with Crippen molar-refractivity contribution in [2.45, 2.75) is 6.92 Å². The van der Waals surface area contributed by atoms with Gasteiger partial charge >= 0.3 is 5.97 Å². The van der Waals surface area contributed by atoms with Crippen molar-refractivity contribution in [3.05, 3.63) is 86.6 Å². The average molecular weight is 439 g/mol. The molecule has 0 saturated carbocycles.